The second kappa shape index (κ2) is 7.47. The van der Waals surface area contributed by atoms with Crippen molar-refractivity contribution in [3.63, 3.8) is 0 Å². The Morgan fingerprint density at radius 3 is 2.64 bits per heavy atom. The van der Waals surface area contributed by atoms with Gasteiger partial charge in [-0.05, 0) is 54.9 Å². The molecule has 0 saturated heterocycles. The summed E-state index contributed by atoms with van der Waals surface area (Å²) in [6.07, 6.45) is 5.45. The zero-order valence-corrected chi connectivity index (χ0v) is 14.3. The number of amides is 1. The molecule has 5 heteroatoms. The van der Waals surface area contributed by atoms with Gasteiger partial charge in [0.15, 0.2) is 0 Å². The summed E-state index contributed by atoms with van der Waals surface area (Å²) >= 11 is 0. The molecule has 1 N–H and O–H groups in total. The third-order valence-corrected chi connectivity index (χ3v) is 4.81. The van der Waals surface area contributed by atoms with E-state index in [-0.39, 0.29) is 17.6 Å². The van der Waals surface area contributed by atoms with Gasteiger partial charge in [-0.25, -0.2) is 0 Å². The number of nitro groups is 1. The molecule has 0 aromatic heterocycles. The molecule has 130 valence electrons. The van der Waals surface area contributed by atoms with Crippen LogP contribution < -0.4 is 5.32 Å². The maximum absolute atomic E-state index is 12.5. The van der Waals surface area contributed by atoms with Gasteiger partial charge in [0.1, 0.15) is 0 Å². The first-order valence-corrected chi connectivity index (χ1v) is 8.75. The van der Waals surface area contributed by atoms with E-state index < -0.39 is 4.92 Å². The third kappa shape index (κ3) is 3.87. The molecule has 2 aromatic rings. The number of nitro benzene ring substituents is 1. The van der Waals surface area contributed by atoms with Crippen LogP contribution in [0, 0.1) is 10.1 Å². The molecule has 1 amide bonds. The van der Waals surface area contributed by atoms with E-state index in [1.54, 1.807) is 6.07 Å². The van der Waals surface area contributed by atoms with Crippen LogP contribution in [0.2, 0.25) is 0 Å². The monoisotopic (exact) mass is 338 g/mol. The fourth-order valence-corrected chi connectivity index (χ4v) is 3.39. The van der Waals surface area contributed by atoms with E-state index in [2.05, 4.69) is 23.5 Å². The van der Waals surface area contributed by atoms with E-state index in [4.69, 9.17) is 0 Å². The second-order valence-electron chi connectivity index (χ2n) is 6.48. The van der Waals surface area contributed by atoms with Crippen LogP contribution in [0.25, 0.3) is 0 Å². The minimum absolute atomic E-state index is 0.0746. The summed E-state index contributed by atoms with van der Waals surface area (Å²) in [5.41, 5.74) is 4.13. The number of carbonyl (C=O) groups excluding carboxylic acids is 1. The molecule has 0 heterocycles. The molecule has 3 rings (SSSR count). The van der Waals surface area contributed by atoms with Gasteiger partial charge in [0.2, 0.25) is 0 Å². The predicted molar refractivity (Wildman–Crippen MR) is 96.7 cm³/mol. The van der Waals surface area contributed by atoms with Gasteiger partial charge < -0.3 is 5.32 Å². The number of nitrogens with one attached hydrogen (secondary N) is 1. The Kier molecular flexibility index (Phi) is 5.12. The molecule has 5 nitrogen and oxygen atoms in total. The number of nitrogens with zero attached hydrogens (tertiary/aromatic N) is 1. The average Bonchev–Trinajstić information content (AvgIpc) is 2.65. The lowest BCUT2D eigenvalue weighted by Crippen LogP contribution is -2.28. The van der Waals surface area contributed by atoms with Gasteiger partial charge in [-0.3, -0.25) is 14.9 Å². The molecule has 0 unspecified atom stereocenters. The van der Waals surface area contributed by atoms with Crippen molar-refractivity contribution in [3.05, 3.63) is 74.8 Å². The van der Waals surface area contributed by atoms with Crippen LogP contribution in [0.15, 0.2) is 42.5 Å². The highest BCUT2D eigenvalue weighted by atomic mass is 16.6. The summed E-state index contributed by atoms with van der Waals surface area (Å²) in [4.78, 5) is 22.9. The quantitative estimate of drug-likeness (QED) is 0.650. The smallest absolute Gasteiger partial charge is 0.270 e. The van der Waals surface area contributed by atoms with Crippen LogP contribution in [0.1, 0.15) is 59.3 Å². The Hall–Kier alpha value is -2.69. The van der Waals surface area contributed by atoms with Crippen molar-refractivity contribution < 1.29 is 9.72 Å². The van der Waals surface area contributed by atoms with Crippen molar-refractivity contribution >= 4 is 11.6 Å². The van der Waals surface area contributed by atoms with Crippen LogP contribution in [-0.2, 0) is 12.8 Å². The highest BCUT2D eigenvalue weighted by Crippen LogP contribution is 2.26. The summed E-state index contributed by atoms with van der Waals surface area (Å²) in [7, 11) is 0. The largest absolute Gasteiger partial charge is 0.345 e. The van der Waals surface area contributed by atoms with Crippen LogP contribution in [0.3, 0.4) is 0 Å². The predicted octanol–water partition coefficient (Wildman–Crippen LogP) is 4.35. The summed E-state index contributed by atoms with van der Waals surface area (Å²) in [6, 6.07) is 12.2. The zero-order valence-electron chi connectivity index (χ0n) is 14.3. The molecule has 2 aromatic carbocycles. The lowest BCUT2D eigenvalue weighted by atomic mass is 9.88. The maximum atomic E-state index is 12.5. The molecule has 0 radical (unpaired) electrons. The van der Waals surface area contributed by atoms with Crippen molar-refractivity contribution in [1.29, 1.82) is 0 Å². The lowest BCUT2D eigenvalue weighted by Gasteiger charge is -2.21. The Morgan fingerprint density at radius 2 is 1.92 bits per heavy atom. The van der Waals surface area contributed by atoms with E-state index >= 15 is 0 Å². The highest BCUT2D eigenvalue weighted by Gasteiger charge is 2.18. The van der Waals surface area contributed by atoms with Gasteiger partial charge in [-0.15, -0.1) is 0 Å². The van der Waals surface area contributed by atoms with Gasteiger partial charge >= 0.3 is 0 Å². The summed E-state index contributed by atoms with van der Waals surface area (Å²) in [5, 5.41) is 13.9. The van der Waals surface area contributed by atoms with Crippen molar-refractivity contribution in [1.82, 2.24) is 5.32 Å². The molecule has 1 aliphatic carbocycles. The van der Waals surface area contributed by atoms with Gasteiger partial charge in [0.25, 0.3) is 11.6 Å². The first-order valence-electron chi connectivity index (χ1n) is 8.75. The highest BCUT2D eigenvalue weighted by molar-refractivity contribution is 5.95. The standard InChI is InChI=1S/C20H22N2O3/c1-2-19(16-11-10-14-6-3-4-7-15(14)12-16)21-20(23)17-8-5-9-18(13-17)22(24)25/h5,8-13,19H,2-4,6-7H2,1H3,(H,21,23)/t19-/m1/s1. The first kappa shape index (κ1) is 17.1. The number of benzene rings is 2. The third-order valence-electron chi connectivity index (χ3n) is 4.81. The Labute approximate surface area is 147 Å². The molecule has 25 heavy (non-hydrogen) atoms. The average molecular weight is 338 g/mol. The van der Waals surface area contributed by atoms with Gasteiger partial charge in [-0.2, -0.15) is 0 Å². The van der Waals surface area contributed by atoms with Gasteiger partial charge in [-0.1, -0.05) is 31.2 Å². The molecular formula is C20H22N2O3. The fourth-order valence-electron chi connectivity index (χ4n) is 3.39. The molecule has 1 aliphatic rings. The number of non-ortho nitro benzene ring substituents is 1. The minimum Gasteiger partial charge on any atom is -0.345 e. The van der Waals surface area contributed by atoms with Gasteiger partial charge in [0.05, 0.1) is 11.0 Å². The van der Waals surface area contributed by atoms with Crippen molar-refractivity contribution in [3.8, 4) is 0 Å². The summed E-state index contributed by atoms with van der Waals surface area (Å²) < 4.78 is 0. The molecule has 1 atom stereocenters. The zero-order chi connectivity index (χ0) is 17.8. The topological polar surface area (TPSA) is 72.2 Å². The molecule has 0 bridgehead atoms. The molecule has 0 spiro atoms. The Bertz CT molecular complexity index is 801. The number of rotatable bonds is 5. The lowest BCUT2D eigenvalue weighted by molar-refractivity contribution is -0.384. The minimum atomic E-state index is -0.489. The molecule has 0 saturated carbocycles. The number of hydrogen-bond acceptors (Lipinski definition) is 3. The van der Waals surface area contributed by atoms with E-state index in [1.807, 2.05) is 6.92 Å². The molecular weight excluding hydrogens is 316 g/mol. The summed E-state index contributed by atoms with van der Waals surface area (Å²) in [5.74, 6) is -0.284. The van der Waals surface area contributed by atoms with Crippen molar-refractivity contribution in [2.24, 2.45) is 0 Å². The number of aryl methyl sites for hydroxylation is 2. The van der Waals surface area contributed by atoms with Crippen LogP contribution in [-0.4, -0.2) is 10.8 Å². The van der Waals surface area contributed by atoms with Crippen LogP contribution >= 0.6 is 0 Å². The van der Waals surface area contributed by atoms with Gasteiger partial charge in [0, 0.05) is 17.7 Å². The van der Waals surface area contributed by atoms with E-state index in [0.717, 1.165) is 24.8 Å². The first-order chi connectivity index (χ1) is 12.1. The van der Waals surface area contributed by atoms with Crippen LogP contribution in [0.4, 0.5) is 5.69 Å². The fraction of sp³-hybridized carbons (Fsp3) is 0.350. The summed E-state index contributed by atoms with van der Waals surface area (Å²) in [6.45, 7) is 2.03. The van der Waals surface area contributed by atoms with Crippen molar-refractivity contribution in [2.45, 2.75) is 45.1 Å². The number of carbonyl (C=O) groups is 1. The van der Waals surface area contributed by atoms with Crippen LogP contribution in [0.5, 0.6) is 0 Å². The van der Waals surface area contributed by atoms with E-state index in [9.17, 15) is 14.9 Å². The maximum Gasteiger partial charge on any atom is 0.270 e. The Morgan fingerprint density at radius 1 is 1.16 bits per heavy atom. The SMILES string of the molecule is CC[C@@H](NC(=O)c1cccc([N+](=O)[O-])c1)c1ccc2c(c1)CCCC2. The van der Waals surface area contributed by atoms with E-state index in [1.165, 1.54) is 42.2 Å². The molecule has 0 fully saturated rings. The Balaban J connectivity index is 1.79. The second-order valence-corrected chi connectivity index (χ2v) is 6.48. The van der Waals surface area contributed by atoms with E-state index in [0.29, 0.717) is 5.56 Å². The molecule has 0 aliphatic heterocycles. The number of fused-ring (bicyclic) bond motifs is 1. The normalized spacial score (nSPS) is 14.4. The number of hydrogen-bond donors (Lipinski definition) is 1. The van der Waals surface area contributed by atoms with Crippen molar-refractivity contribution in [2.75, 3.05) is 0 Å².